The molecule has 0 saturated carbocycles. The van der Waals surface area contributed by atoms with E-state index in [-0.39, 0.29) is 12.8 Å². The molecule has 0 amide bonds. The summed E-state index contributed by atoms with van der Waals surface area (Å²) in [5, 5.41) is 19.0. The first-order valence-electron chi connectivity index (χ1n) is 6.79. The van der Waals surface area contributed by atoms with Crippen molar-refractivity contribution in [1.82, 2.24) is 0 Å². The van der Waals surface area contributed by atoms with Crippen molar-refractivity contribution in [3.8, 4) is 0 Å². The molecule has 23 heavy (non-hydrogen) atoms. The summed E-state index contributed by atoms with van der Waals surface area (Å²) in [5.41, 5.74) is -1.34. The summed E-state index contributed by atoms with van der Waals surface area (Å²) in [6.07, 6.45) is -0.620. The van der Waals surface area contributed by atoms with Crippen LogP contribution in [0.2, 0.25) is 0 Å². The van der Waals surface area contributed by atoms with E-state index in [1.807, 2.05) is 0 Å². The number of hydrogen-bond acceptors (Lipinski definition) is 2. The van der Waals surface area contributed by atoms with E-state index < -0.39 is 29.0 Å². The Morgan fingerprint density at radius 2 is 1.04 bits per heavy atom. The summed E-state index contributed by atoms with van der Waals surface area (Å²) in [7, 11) is 0. The van der Waals surface area contributed by atoms with Crippen LogP contribution in [0.5, 0.6) is 0 Å². The monoisotopic (exact) mass is 320 g/mol. The van der Waals surface area contributed by atoms with Crippen LogP contribution >= 0.6 is 0 Å². The Morgan fingerprint density at radius 1 is 0.739 bits per heavy atom. The van der Waals surface area contributed by atoms with Crippen molar-refractivity contribution in [2.75, 3.05) is 0 Å². The molecule has 0 radical (unpaired) electrons. The lowest BCUT2D eigenvalue weighted by molar-refractivity contribution is -0.164. The minimum absolute atomic E-state index is 0.310. The number of rotatable bonds is 6. The van der Waals surface area contributed by atoms with Gasteiger partial charge in [0.15, 0.2) is 5.41 Å². The predicted octanol–water partition coefficient (Wildman–Crippen LogP) is 2.91. The molecule has 4 nitrogen and oxygen atoms in total. The van der Waals surface area contributed by atoms with Gasteiger partial charge in [-0.15, -0.1) is 0 Å². The third kappa shape index (κ3) is 3.71. The van der Waals surface area contributed by atoms with Gasteiger partial charge in [0.1, 0.15) is 11.6 Å². The second-order valence-corrected chi connectivity index (χ2v) is 5.30. The molecule has 0 heterocycles. The molecule has 2 aromatic rings. The summed E-state index contributed by atoms with van der Waals surface area (Å²) in [5.74, 6) is -4.00. The molecule has 120 valence electrons. The van der Waals surface area contributed by atoms with Crippen molar-refractivity contribution < 1.29 is 28.6 Å². The Morgan fingerprint density at radius 3 is 1.30 bits per heavy atom. The van der Waals surface area contributed by atoms with E-state index in [1.54, 1.807) is 0 Å². The van der Waals surface area contributed by atoms with E-state index in [9.17, 15) is 28.6 Å². The topological polar surface area (TPSA) is 74.6 Å². The quantitative estimate of drug-likeness (QED) is 0.803. The Labute approximate surface area is 131 Å². The average molecular weight is 320 g/mol. The molecular weight excluding hydrogens is 306 g/mol. The van der Waals surface area contributed by atoms with Gasteiger partial charge in [-0.05, 0) is 48.2 Å². The number of hydrogen-bond donors (Lipinski definition) is 2. The second kappa shape index (κ2) is 6.56. The summed E-state index contributed by atoms with van der Waals surface area (Å²) >= 11 is 0. The molecule has 0 aromatic heterocycles. The second-order valence-electron chi connectivity index (χ2n) is 5.30. The zero-order chi connectivity index (χ0) is 17.0. The minimum Gasteiger partial charge on any atom is -0.480 e. The molecule has 0 saturated heterocycles. The van der Waals surface area contributed by atoms with E-state index in [1.165, 1.54) is 24.3 Å². The van der Waals surface area contributed by atoms with Crippen LogP contribution in [0.3, 0.4) is 0 Å². The predicted molar refractivity (Wildman–Crippen MR) is 77.9 cm³/mol. The smallest absolute Gasteiger partial charge is 0.321 e. The number of halogens is 2. The van der Waals surface area contributed by atoms with Crippen LogP contribution in [0, 0.1) is 17.0 Å². The highest BCUT2D eigenvalue weighted by Gasteiger charge is 2.46. The summed E-state index contributed by atoms with van der Waals surface area (Å²) in [4.78, 5) is 23.4. The van der Waals surface area contributed by atoms with Crippen molar-refractivity contribution in [2.24, 2.45) is 5.41 Å². The van der Waals surface area contributed by atoms with Gasteiger partial charge in [0, 0.05) is 0 Å². The fraction of sp³-hybridized carbons (Fsp3) is 0.176. The van der Waals surface area contributed by atoms with Crippen LogP contribution in [-0.2, 0) is 22.4 Å². The van der Waals surface area contributed by atoms with Gasteiger partial charge in [-0.1, -0.05) is 24.3 Å². The van der Waals surface area contributed by atoms with Crippen molar-refractivity contribution >= 4 is 11.9 Å². The van der Waals surface area contributed by atoms with Crippen LogP contribution in [0.25, 0.3) is 0 Å². The maximum Gasteiger partial charge on any atom is 0.321 e. The molecule has 0 aliphatic carbocycles. The van der Waals surface area contributed by atoms with Crippen molar-refractivity contribution in [3.63, 3.8) is 0 Å². The summed E-state index contributed by atoms with van der Waals surface area (Å²) in [6.45, 7) is 0. The molecule has 2 N–H and O–H groups in total. The highest BCUT2D eigenvalue weighted by Crippen LogP contribution is 2.29. The van der Waals surface area contributed by atoms with Gasteiger partial charge in [-0.2, -0.15) is 0 Å². The standard InChI is InChI=1S/C17H14F2O4/c18-13-5-1-11(2-6-13)9-17(15(20)21,16(22)23)10-12-3-7-14(19)8-4-12/h1-8H,9-10H2,(H,20,21)(H,22,23). The van der Waals surface area contributed by atoms with Gasteiger partial charge >= 0.3 is 11.9 Å². The molecule has 0 bridgehead atoms. The van der Waals surface area contributed by atoms with Crippen molar-refractivity contribution in [1.29, 1.82) is 0 Å². The zero-order valence-electron chi connectivity index (χ0n) is 12.0. The molecule has 2 rings (SSSR count). The van der Waals surface area contributed by atoms with E-state index in [4.69, 9.17) is 0 Å². The first-order valence-corrected chi connectivity index (χ1v) is 6.79. The lowest BCUT2D eigenvalue weighted by atomic mass is 9.76. The molecular formula is C17H14F2O4. The van der Waals surface area contributed by atoms with Crippen LogP contribution < -0.4 is 0 Å². The molecule has 0 fully saturated rings. The SMILES string of the molecule is O=C(O)C(Cc1ccc(F)cc1)(Cc1ccc(F)cc1)C(=O)O. The molecule has 0 unspecified atom stereocenters. The maximum absolute atomic E-state index is 13.0. The van der Waals surface area contributed by atoms with Crippen LogP contribution in [0.1, 0.15) is 11.1 Å². The van der Waals surface area contributed by atoms with E-state index >= 15 is 0 Å². The largest absolute Gasteiger partial charge is 0.480 e. The van der Waals surface area contributed by atoms with Gasteiger partial charge < -0.3 is 10.2 Å². The first kappa shape index (κ1) is 16.6. The molecule has 0 aliphatic rings. The molecule has 6 heteroatoms. The van der Waals surface area contributed by atoms with Crippen molar-refractivity contribution in [2.45, 2.75) is 12.8 Å². The molecule has 0 atom stereocenters. The Balaban J connectivity index is 2.38. The summed E-state index contributed by atoms with van der Waals surface area (Å²) < 4.78 is 25.9. The highest BCUT2D eigenvalue weighted by molar-refractivity contribution is 5.98. The third-order valence-corrected chi connectivity index (χ3v) is 3.66. The van der Waals surface area contributed by atoms with Gasteiger partial charge in [0.25, 0.3) is 0 Å². The third-order valence-electron chi connectivity index (χ3n) is 3.66. The minimum atomic E-state index is -2.12. The molecule has 2 aromatic carbocycles. The first-order chi connectivity index (χ1) is 10.8. The number of aliphatic carboxylic acids is 2. The highest BCUT2D eigenvalue weighted by atomic mass is 19.1. The normalized spacial score (nSPS) is 11.2. The lowest BCUT2D eigenvalue weighted by Crippen LogP contribution is -2.43. The van der Waals surface area contributed by atoms with E-state index in [0.717, 1.165) is 24.3 Å². The van der Waals surface area contributed by atoms with Gasteiger partial charge in [-0.25, -0.2) is 8.78 Å². The van der Waals surface area contributed by atoms with Crippen LogP contribution in [0.4, 0.5) is 8.78 Å². The zero-order valence-corrected chi connectivity index (χ0v) is 12.0. The van der Waals surface area contributed by atoms with E-state index in [2.05, 4.69) is 0 Å². The maximum atomic E-state index is 13.0. The van der Waals surface area contributed by atoms with E-state index in [0.29, 0.717) is 11.1 Å². The number of carboxylic acids is 2. The van der Waals surface area contributed by atoms with Crippen LogP contribution in [0.15, 0.2) is 48.5 Å². The number of carbonyl (C=O) groups is 2. The average Bonchev–Trinajstić information content (AvgIpc) is 2.50. The molecule has 0 aliphatic heterocycles. The Kier molecular flexibility index (Phi) is 4.74. The molecule has 0 spiro atoms. The van der Waals surface area contributed by atoms with Gasteiger partial charge in [0.05, 0.1) is 0 Å². The lowest BCUT2D eigenvalue weighted by Gasteiger charge is -2.25. The number of benzene rings is 2. The number of carboxylic acid groups (broad SMARTS) is 2. The fourth-order valence-corrected chi connectivity index (χ4v) is 2.36. The Hall–Kier alpha value is -2.76. The van der Waals surface area contributed by atoms with Gasteiger partial charge in [-0.3, -0.25) is 9.59 Å². The van der Waals surface area contributed by atoms with Crippen molar-refractivity contribution in [3.05, 3.63) is 71.3 Å². The van der Waals surface area contributed by atoms with Crippen LogP contribution in [-0.4, -0.2) is 22.2 Å². The Bertz CT molecular complexity index is 645. The summed E-state index contributed by atoms with van der Waals surface area (Å²) in [6, 6.07) is 9.95. The van der Waals surface area contributed by atoms with Gasteiger partial charge in [0.2, 0.25) is 0 Å². The fourth-order valence-electron chi connectivity index (χ4n) is 2.36.